The number of aromatic nitrogens is 1. The topological polar surface area (TPSA) is 62.6 Å². The van der Waals surface area contributed by atoms with E-state index in [9.17, 15) is 14.6 Å². The molecule has 0 aromatic carbocycles. The molecule has 0 bridgehead atoms. The number of pyridine rings is 1. The number of halogens is 2. The van der Waals surface area contributed by atoms with E-state index in [1.165, 1.54) is 6.92 Å². The zero-order chi connectivity index (χ0) is 13.2. The minimum absolute atomic E-state index is 0.0377. The fourth-order valence-electron chi connectivity index (χ4n) is 1.11. The van der Waals surface area contributed by atoms with Crippen LogP contribution in [0.5, 0.6) is 5.75 Å². The lowest BCUT2D eigenvalue weighted by Gasteiger charge is -2.18. The average Bonchev–Trinajstić information content (AvgIpc) is 2.17. The third-order valence-corrected chi connectivity index (χ3v) is 2.17. The zero-order valence-corrected chi connectivity index (χ0v) is 10.6. The lowest BCUT2D eigenvalue weighted by Crippen LogP contribution is -2.28. The van der Waals surface area contributed by atoms with Crippen LogP contribution in [0.3, 0.4) is 0 Å². The minimum atomic E-state index is -1.05. The normalized spacial score (nSPS) is 13.6. The third-order valence-electron chi connectivity index (χ3n) is 1.90. The largest absolute Gasteiger partial charge is 0.487 e. The Morgan fingerprint density at radius 1 is 1.59 bits per heavy atom. The van der Waals surface area contributed by atoms with Crippen LogP contribution in [-0.4, -0.2) is 27.4 Å². The molecule has 4 nitrogen and oxygen atoms in total. The lowest BCUT2D eigenvalue weighted by atomic mass is 10.2. The molecule has 6 heteroatoms. The molecule has 17 heavy (non-hydrogen) atoms. The van der Waals surface area contributed by atoms with Gasteiger partial charge in [0.25, 0.3) is 0 Å². The molecule has 0 saturated carbocycles. The average molecular weight is 264 g/mol. The highest BCUT2D eigenvalue weighted by atomic mass is 35.5. The number of hydrogen-bond donors (Lipinski definition) is 2. The Morgan fingerprint density at radius 2 is 2.18 bits per heavy atom. The summed E-state index contributed by atoms with van der Waals surface area (Å²) in [5, 5.41) is 18.6. The van der Waals surface area contributed by atoms with Crippen LogP contribution in [0.4, 0.5) is 4.39 Å². The van der Waals surface area contributed by atoms with Crippen LogP contribution in [0, 0.1) is 5.82 Å². The first kappa shape index (κ1) is 14.2. The second kappa shape index (κ2) is 5.16. The first-order valence-electron chi connectivity index (χ1n) is 5.10. The molecule has 96 valence electrons. The summed E-state index contributed by atoms with van der Waals surface area (Å²) in [7, 11) is 0. The Kier molecular flexibility index (Phi) is 4.30. The van der Waals surface area contributed by atoms with Gasteiger partial charge in [-0.25, -0.2) is 9.37 Å². The summed E-state index contributed by atoms with van der Waals surface area (Å²) < 4.78 is 18.6. The van der Waals surface area contributed by atoms with Crippen molar-refractivity contribution in [3.63, 3.8) is 0 Å². The molecular formula is C11H15ClFNO3. The minimum Gasteiger partial charge on any atom is -0.487 e. The molecule has 0 aliphatic rings. The standard InChI is InChI=1S/C11H15ClFNO3/c1-6(15)9-7(13)4-8(10(12)14-9)17-5-11(2,3)16/h4,6,15-16H,5H2,1-3H3. The molecule has 1 heterocycles. The van der Waals surface area contributed by atoms with Crippen molar-refractivity contribution >= 4 is 11.6 Å². The van der Waals surface area contributed by atoms with E-state index in [2.05, 4.69) is 4.98 Å². The van der Waals surface area contributed by atoms with E-state index in [0.29, 0.717) is 0 Å². The van der Waals surface area contributed by atoms with Gasteiger partial charge in [0.15, 0.2) is 16.7 Å². The summed E-state index contributed by atoms with van der Waals surface area (Å²) in [4.78, 5) is 3.71. The second-order valence-electron chi connectivity index (χ2n) is 4.42. The number of ether oxygens (including phenoxy) is 1. The Hall–Kier alpha value is -0.910. The van der Waals surface area contributed by atoms with Gasteiger partial charge < -0.3 is 14.9 Å². The van der Waals surface area contributed by atoms with Gasteiger partial charge in [-0.05, 0) is 20.8 Å². The summed E-state index contributed by atoms with van der Waals surface area (Å²) in [6.45, 7) is 4.45. The molecule has 0 fully saturated rings. The van der Waals surface area contributed by atoms with E-state index in [1.54, 1.807) is 13.8 Å². The van der Waals surface area contributed by atoms with E-state index in [4.69, 9.17) is 16.3 Å². The van der Waals surface area contributed by atoms with Gasteiger partial charge in [-0.1, -0.05) is 11.6 Å². The van der Waals surface area contributed by atoms with Crippen molar-refractivity contribution in [1.29, 1.82) is 0 Å². The maximum absolute atomic E-state index is 13.5. The van der Waals surface area contributed by atoms with Gasteiger partial charge in [-0.3, -0.25) is 0 Å². The molecule has 1 aromatic heterocycles. The fraction of sp³-hybridized carbons (Fsp3) is 0.545. The summed E-state index contributed by atoms with van der Waals surface area (Å²) in [5.74, 6) is -0.661. The molecule has 0 radical (unpaired) electrons. The Balaban J connectivity index is 2.92. The van der Waals surface area contributed by atoms with Gasteiger partial charge in [0.05, 0.1) is 11.7 Å². The highest BCUT2D eigenvalue weighted by Gasteiger charge is 2.18. The molecule has 1 rings (SSSR count). The molecule has 2 N–H and O–H groups in total. The van der Waals surface area contributed by atoms with Crippen LogP contribution in [0.25, 0.3) is 0 Å². The first-order chi connectivity index (χ1) is 7.70. The second-order valence-corrected chi connectivity index (χ2v) is 4.78. The maximum Gasteiger partial charge on any atom is 0.171 e. The van der Waals surface area contributed by atoms with Crippen molar-refractivity contribution in [1.82, 2.24) is 4.98 Å². The third kappa shape index (κ3) is 4.11. The smallest absolute Gasteiger partial charge is 0.171 e. The quantitative estimate of drug-likeness (QED) is 0.817. The van der Waals surface area contributed by atoms with Gasteiger partial charge in [0.1, 0.15) is 12.3 Å². The predicted molar refractivity (Wildman–Crippen MR) is 61.6 cm³/mol. The maximum atomic E-state index is 13.5. The molecule has 1 atom stereocenters. The van der Waals surface area contributed by atoms with Gasteiger partial charge >= 0.3 is 0 Å². The number of aliphatic hydroxyl groups is 2. The van der Waals surface area contributed by atoms with Crippen LogP contribution in [0.2, 0.25) is 5.15 Å². The van der Waals surface area contributed by atoms with E-state index >= 15 is 0 Å². The molecular weight excluding hydrogens is 249 g/mol. The Morgan fingerprint density at radius 3 is 2.65 bits per heavy atom. The molecule has 1 aromatic rings. The van der Waals surface area contributed by atoms with Gasteiger partial charge in [-0.2, -0.15) is 0 Å². The first-order valence-corrected chi connectivity index (χ1v) is 5.47. The summed E-state index contributed by atoms with van der Waals surface area (Å²) in [5.41, 5.74) is -1.19. The van der Waals surface area contributed by atoms with Crippen LogP contribution >= 0.6 is 11.6 Å². The predicted octanol–water partition coefficient (Wildman–Crippen LogP) is 2.08. The summed E-state index contributed by atoms with van der Waals surface area (Å²) in [6.07, 6.45) is -1.05. The molecule has 0 spiro atoms. The highest BCUT2D eigenvalue weighted by Crippen LogP contribution is 2.27. The van der Waals surface area contributed by atoms with Crippen LogP contribution in [0.1, 0.15) is 32.6 Å². The molecule has 1 unspecified atom stereocenters. The van der Waals surface area contributed by atoms with Crippen molar-refractivity contribution in [2.24, 2.45) is 0 Å². The molecule has 0 saturated heterocycles. The number of aliphatic hydroxyl groups excluding tert-OH is 1. The lowest BCUT2D eigenvalue weighted by molar-refractivity contribution is 0.0282. The monoisotopic (exact) mass is 263 g/mol. The van der Waals surface area contributed by atoms with Crippen molar-refractivity contribution in [3.05, 3.63) is 22.7 Å². The Labute approximate surface area is 104 Å². The van der Waals surface area contributed by atoms with Crippen molar-refractivity contribution in [2.45, 2.75) is 32.5 Å². The fourth-order valence-corrected chi connectivity index (χ4v) is 1.31. The van der Waals surface area contributed by atoms with Crippen LogP contribution in [0.15, 0.2) is 6.07 Å². The van der Waals surface area contributed by atoms with E-state index in [0.717, 1.165) is 6.07 Å². The van der Waals surface area contributed by atoms with Crippen LogP contribution in [-0.2, 0) is 0 Å². The molecule has 0 aliphatic heterocycles. The van der Waals surface area contributed by atoms with E-state index < -0.39 is 17.5 Å². The number of rotatable bonds is 4. The number of nitrogens with zero attached hydrogens (tertiary/aromatic N) is 1. The Bertz CT molecular complexity index is 404. The van der Waals surface area contributed by atoms with Crippen LogP contribution < -0.4 is 4.74 Å². The zero-order valence-electron chi connectivity index (χ0n) is 9.87. The van der Waals surface area contributed by atoms with Gasteiger partial charge in [0.2, 0.25) is 0 Å². The van der Waals surface area contributed by atoms with Gasteiger partial charge in [0, 0.05) is 6.07 Å². The molecule has 0 aliphatic carbocycles. The number of hydrogen-bond acceptors (Lipinski definition) is 4. The van der Waals surface area contributed by atoms with E-state index in [-0.39, 0.29) is 23.2 Å². The van der Waals surface area contributed by atoms with Crippen molar-refractivity contribution in [2.75, 3.05) is 6.61 Å². The highest BCUT2D eigenvalue weighted by molar-refractivity contribution is 6.30. The summed E-state index contributed by atoms with van der Waals surface area (Å²) in [6, 6.07) is 1.04. The van der Waals surface area contributed by atoms with Crippen molar-refractivity contribution in [3.8, 4) is 5.75 Å². The van der Waals surface area contributed by atoms with Gasteiger partial charge in [-0.15, -0.1) is 0 Å². The summed E-state index contributed by atoms with van der Waals surface area (Å²) >= 11 is 5.78. The SMILES string of the molecule is CC(O)c1nc(Cl)c(OCC(C)(C)O)cc1F. The molecule has 0 amide bonds. The van der Waals surface area contributed by atoms with E-state index in [1.807, 2.05) is 0 Å². The van der Waals surface area contributed by atoms with Crippen molar-refractivity contribution < 1.29 is 19.3 Å².